The van der Waals surface area contributed by atoms with E-state index in [2.05, 4.69) is 10.6 Å². The maximum Gasteiger partial charge on any atom is 0.323 e. The molecule has 0 spiro atoms. The average molecular weight is 477 g/mol. The second-order valence-corrected chi connectivity index (χ2v) is 8.91. The van der Waals surface area contributed by atoms with Crippen LogP contribution in [0, 0.1) is 11.7 Å². The topological polar surface area (TPSA) is 92.7 Å². The van der Waals surface area contributed by atoms with Crippen molar-refractivity contribution in [2.45, 2.75) is 18.9 Å². The number of amides is 3. The Balaban J connectivity index is 1.31. The van der Waals surface area contributed by atoms with Gasteiger partial charge in [0, 0.05) is 42.5 Å². The van der Waals surface area contributed by atoms with Crippen molar-refractivity contribution in [2.75, 3.05) is 30.8 Å². The van der Waals surface area contributed by atoms with Gasteiger partial charge in [-0.25, -0.2) is 9.18 Å². The van der Waals surface area contributed by atoms with Gasteiger partial charge in [0.15, 0.2) is 0 Å². The lowest BCUT2D eigenvalue weighted by atomic mass is 9.83. The zero-order chi connectivity index (χ0) is 24.5. The number of aromatic nitrogens is 1. The molecular weight excluding hydrogens is 451 g/mol. The molecule has 5 rings (SSSR count). The van der Waals surface area contributed by atoms with Crippen LogP contribution in [-0.4, -0.2) is 41.6 Å². The molecule has 1 saturated heterocycles. The lowest BCUT2D eigenvalue weighted by Crippen LogP contribution is -2.49. The molecule has 2 N–H and O–H groups in total. The van der Waals surface area contributed by atoms with Crippen LogP contribution in [0.25, 0.3) is 0 Å². The molecule has 8 nitrogen and oxygen atoms in total. The minimum Gasteiger partial charge on any atom is -0.497 e. The van der Waals surface area contributed by atoms with E-state index >= 15 is 0 Å². The first kappa shape index (κ1) is 22.6. The Morgan fingerprint density at radius 1 is 1.00 bits per heavy atom. The van der Waals surface area contributed by atoms with Crippen LogP contribution in [0.4, 0.5) is 20.6 Å². The number of nitrogens with one attached hydrogen (secondary N) is 2. The first-order valence-corrected chi connectivity index (χ1v) is 11.4. The Morgan fingerprint density at radius 3 is 2.54 bits per heavy atom. The molecule has 1 aromatic heterocycles. The van der Waals surface area contributed by atoms with Crippen LogP contribution in [0.3, 0.4) is 0 Å². The predicted molar refractivity (Wildman–Crippen MR) is 129 cm³/mol. The van der Waals surface area contributed by atoms with Crippen LogP contribution < -0.4 is 20.9 Å². The fourth-order valence-corrected chi connectivity index (χ4v) is 4.97. The first-order valence-electron chi connectivity index (χ1n) is 11.4. The highest BCUT2D eigenvalue weighted by Crippen LogP contribution is 2.36. The molecule has 2 atom stereocenters. The van der Waals surface area contributed by atoms with Gasteiger partial charge < -0.3 is 24.8 Å². The highest BCUT2D eigenvalue weighted by molar-refractivity contribution is 5.99. The summed E-state index contributed by atoms with van der Waals surface area (Å²) in [4.78, 5) is 40.5. The number of halogens is 1. The summed E-state index contributed by atoms with van der Waals surface area (Å²) < 4.78 is 20.2. The van der Waals surface area contributed by atoms with Crippen molar-refractivity contribution in [3.8, 4) is 5.75 Å². The summed E-state index contributed by atoms with van der Waals surface area (Å²) in [6.07, 6.45) is 0.901. The molecule has 2 aliphatic rings. The zero-order valence-electron chi connectivity index (χ0n) is 19.2. The number of rotatable bonds is 4. The van der Waals surface area contributed by atoms with Gasteiger partial charge >= 0.3 is 6.03 Å². The molecule has 0 saturated carbocycles. The first-order chi connectivity index (χ1) is 16.9. The molecule has 9 heteroatoms. The summed E-state index contributed by atoms with van der Waals surface area (Å²) in [6.45, 7) is 1.55. The molecule has 3 heterocycles. The molecule has 2 aliphatic heterocycles. The Hall–Kier alpha value is -4.14. The molecule has 3 aromatic rings. The van der Waals surface area contributed by atoms with E-state index in [4.69, 9.17) is 4.74 Å². The highest BCUT2D eigenvalue weighted by atomic mass is 19.1. The number of hydrogen-bond donors (Lipinski definition) is 2. The normalized spacial score (nSPS) is 18.4. The van der Waals surface area contributed by atoms with Crippen LogP contribution in [0.15, 0.2) is 65.5 Å². The van der Waals surface area contributed by atoms with E-state index in [0.29, 0.717) is 30.9 Å². The van der Waals surface area contributed by atoms with E-state index in [9.17, 15) is 18.8 Å². The minimum atomic E-state index is -0.625. The van der Waals surface area contributed by atoms with E-state index in [1.165, 1.54) is 18.2 Å². The maximum atomic E-state index is 13.4. The van der Waals surface area contributed by atoms with Crippen LogP contribution in [-0.2, 0) is 6.54 Å². The Kier molecular flexibility index (Phi) is 5.98. The second-order valence-electron chi connectivity index (χ2n) is 8.91. The standard InChI is InChI=1S/C26H25FN4O4/c1-35-21-7-5-17(6-8-21)24(32)30-13-16-11-18(15-30)23-10-9-22(25(33)31(23)14-16)29-26(34)28-20-4-2-3-19(27)12-20/h2-10,12,16,18H,11,13-15H2,1H3,(H2,28,29,34)/t16-,18-/m1/s1. The number of likely N-dealkylation sites (tertiary alicyclic amines) is 1. The number of methoxy groups -OCH3 is 1. The molecule has 0 unspecified atom stereocenters. The number of ether oxygens (including phenoxy) is 1. The molecule has 2 bridgehead atoms. The lowest BCUT2D eigenvalue weighted by Gasteiger charge is -2.43. The molecule has 35 heavy (non-hydrogen) atoms. The maximum absolute atomic E-state index is 13.4. The van der Waals surface area contributed by atoms with E-state index < -0.39 is 11.8 Å². The lowest BCUT2D eigenvalue weighted by molar-refractivity contribution is 0.0594. The van der Waals surface area contributed by atoms with Gasteiger partial charge in [-0.05, 0) is 66.9 Å². The smallest absolute Gasteiger partial charge is 0.323 e. The van der Waals surface area contributed by atoms with Gasteiger partial charge in [-0.2, -0.15) is 0 Å². The monoisotopic (exact) mass is 476 g/mol. The quantitative estimate of drug-likeness (QED) is 0.598. The zero-order valence-corrected chi connectivity index (χ0v) is 19.2. The van der Waals surface area contributed by atoms with Crippen molar-refractivity contribution >= 4 is 23.3 Å². The summed E-state index contributed by atoms with van der Waals surface area (Å²) in [7, 11) is 1.58. The summed E-state index contributed by atoms with van der Waals surface area (Å²) >= 11 is 0. The van der Waals surface area contributed by atoms with Crippen LogP contribution >= 0.6 is 0 Å². The molecule has 0 aliphatic carbocycles. The van der Waals surface area contributed by atoms with Crippen molar-refractivity contribution in [1.29, 1.82) is 0 Å². The van der Waals surface area contributed by atoms with Gasteiger partial charge in [-0.15, -0.1) is 0 Å². The number of piperidine rings is 1. The van der Waals surface area contributed by atoms with Gasteiger partial charge in [0.2, 0.25) is 0 Å². The van der Waals surface area contributed by atoms with Crippen LogP contribution in [0.5, 0.6) is 5.75 Å². The van der Waals surface area contributed by atoms with E-state index in [1.807, 2.05) is 11.0 Å². The molecule has 1 fully saturated rings. The van der Waals surface area contributed by atoms with Crippen LogP contribution in [0.2, 0.25) is 0 Å². The number of benzene rings is 2. The number of nitrogens with zero attached hydrogens (tertiary/aromatic N) is 2. The molecule has 180 valence electrons. The summed E-state index contributed by atoms with van der Waals surface area (Å²) in [5.41, 5.74) is 1.61. The largest absolute Gasteiger partial charge is 0.497 e. The van der Waals surface area contributed by atoms with Gasteiger partial charge in [0.05, 0.1) is 7.11 Å². The van der Waals surface area contributed by atoms with E-state index in [1.54, 1.807) is 48.1 Å². The van der Waals surface area contributed by atoms with Gasteiger partial charge in [0.25, 0.3) is 11.5 Å². The van der Waals surface area contributed by atoms with Crippen LogP contribution in [0.1, 0.15) is 28.4 Å². The Labute approximate surface area is 201 Å². The fourth-order valence-electron chi connectivity index (χ4n) is 4.97. The summed E-state index contributed by atoms with van der Waals surface area (Å²) in [5, 5.41) is 5.10. The van der Waals surface area contributed by atoms with E-state index in [-0.39, 0.29) is 34.7 Å². The van der Waals surface area contributed by atoms with E-state index in [0.717, 1.165) is 12.1 Å². The summed E-state index contributed by atoms with van der Waals surface area (Å²) in [6, 6.07) is 15.4. The second kappa shape index (κ2) is 9.25. The van der Waals surface area contributed by atoms with Gasteiger partial charge in [0.1, 0.15) is 17.3 Å². The SMILES string of the molecule is COc1ccc(C(=O)N2C[C@H]3C[C@H](C2)c2ccc(NC(=O)Nc4cccc(F)c4)c(=O)n2C3)cc1. The van der Waals surface area contributed by atoms with Crippen molar-refractivity contribution in [3.63, 3.8) is 0 Å². The third-order valence-corrected chi connectivity index (χ3v) is 6.56. The van der Waals surface area contributed by atoms with Crippen molar-refractivity contribution in [3.05, 3.63) is 88.1 Å². The predicted octanol–water partition coefficient (Wildman–Crippen LogP) is 3.90. The van der Waals surface area contributed by atoms with Gasteiger partial charge in [-0.3, -0.25) is 9.59 Å². The van der Waals surface area contributed by atoms with Gasteiger partial charge in [-0.1, -0.05) is 6.07 Å². The number of hydrogen-bond acceptors (Lipinski definition) is 4. The minimum absolute atomic E-state index is 0.0348. The Bertz CT molecular complexity index is 1340. The third kappa shape index (κ3) is 4.62. The number of carbonyl (C=O) groups is 2. The van der Waals surface area contributed by atoms with Crippen molar-refractivity contribution in [1.82, 2.24) is 9.47 Å². The number of anilines is 2. The average Bonchev–Trinajstić information content (AvgIpc) is 2.85. The molecular formula is C26H25FN4O4. The van der Waals surface area contributed by atoms with Crippen molar-refractivity contribution in [2.24, 2.45) is 5.92 Å². The summed E-state index contributed by atoms with van der Waals surface area (Å²) in [5.74, 6) is 0.359. The molecule has 2 aromatic carbocycles. The number of urea groups is 1. The number of carbonyl (C=O) groups excluding carboxylic acids is 2. The molecule has 3 amide bonds. The number of fused-ring (bicyclic) bond motifs is 4. The Morgan fingerprint density at radius 2 is 1.80 bits per heavy atom. The highest BCUT2D eigenvalue weighted by Gasteiger charge is 2.37. The van der Waals surface area contributed by atoms with Crippen molar-refractivity contribution < 1.29 is 18.7 Å². The third-order valence-electron chi connectivity index (χ3n) is 6.56. The number of pyridine rings is 1. The fraction of sp³-hybridized carbons (Fsp3) is 0.269. The molecule has 0 radical (unpaired) electrons.